The van der Waals surface area contributed by atoms with Crippen molar-refractivity contribution in [2.75, 3.05) is 6.61 Å². The zero-order valence-corrected chi connectivity index (χ0v) is 18.2. The van der Waals surface area contributed by atoms with Crippen molar-refractivity contribution < 1.29 is 14.3 Å². The van der Waals surface area contributed by atoms with Gasteiger partial charge in [-0.1, -0.05) is 18.2 Å². The van der Waals surface area contributed by atoms with Gasteiger partial charge < -0.3 is 5.11 Å². The van der Waals surface area contributed by atoms with Crippen LogP contribution in [-0.2, 0) is 17.9 Å². The molecule has 1 aliphatic heterocycles. The van der Waals surface area contributed by atoms with Crippen LogP contribution < -0.4 is 5.56 Å². The summed E-state index contributed by atoms with van der Waals surface area (Å²) in [5, 5.41) is 21.3. The van der Waals surface area contributed by atoms with Crippen LogP contribution in [0.15, 0.2) is 64.2 Å². The van der Waals surface area contributed by atoms with Crippen LogP contribution >= 0.6 is 11.3 Å². The van der Waals surface area contributed by atoms with E-state index in [-0.39, 0.29) is 36.8 Å². The molecule has 11 heteroatoms. The number of aliphatic hydroxyl groups excluding tert-OH is 1. The number of carbonyl (C=O) groups excluding carboxylic acids is 1. The Hall–Kier alpha value is -3.70. The van der Waals surface area contributed by atoms with Gasteiger partial charge in [0.25, 0.3) is 11.5 Å². The fourth-order valence-electron chi connectivity index (χ4n) is 3.86. The van der Waals surface area contributed by atoms with Crippen molar-refractivity contribution in [2.24, 2.45) is 5.10 Å². The van der Waals surface area contributed by atoms with E-state index in [1.807, 2.05) is 17.5 Å². The number of halogens is 1. The number of fused-ring (bicyclic) bond motifs is 1. The first-order valence-corrected chi connectivity index (χ1v) is 11.1. The van der Waals surface area contributed by atoms with Crippen LogP contribution in [0, 0.1) is 5.82 Å². The number of hydrazone groups is 1. The van der Waals surface area contributed by atoms with Crippen LogP contribution in [0.5, 0.6) is 0 Å². The van der Waals surface area contributed by atoms with Crippen molar-refractivity contribution in [1.82, 2.24) is 24.3 Å². The lowest BCUT2D eigenvalue weighted by molar-refractivity contribution is -0.133. The summed E-state index contributed by atoms with van der Waals surface area (Å²) in [5.41, 5.74) is 1.46. The molecule has 168 valence electrons. The molecular weight excluding hydrogens is 447 g/mol. The Kier molecular flexibility index (Phi) is 5.56. The molecule has 0 bridgehead atoms. The van der Waals surface area contributed by atoms with E-state index in [1.54, 1.807) is 12.1 Å². The number of carbonyl (C=O) groups is 1. The second kappa shape index (κ2) is 8.68. The molecule has 0 spiro atoms. The Balaban J connectivity index is 1.46. The fourth-order valence-corrected chi connectivity index (χ4v) is 4.58. The van der Waals surface area contributed by atoms with Gasteiger partial charge in [-0.2, -0.15) is 10.2 Å². The van der Waals surface area contributed by atoms with Gasteiger partial charge in [0.05, 0.1) is 36.0 Å². The van der Waals surface area contributed by atoms with Gasteiger partial charge in [-0.15, -0.1) is 11.3 Å². The van der Waals surface area contributed by atoms with E-state index in [9.17, 15) is 14.0 Å². The van der Waals surface area contributed by atoms with Crippen LogP contribution in [-0.4, -0.2) is 47.7 Å². The predicted octanol–water partition coefficient (Wildman–Crippen LogP) is 2.16. The number of nitrogens with zero attached hydrogens (tertiary/aromatic N) is 6. The van der Waals surface area contributed by atoms with E-state index in [4.69, 9.17) is 5.11 Å². The smallest absolute Gasteiger partial charge is 0.264 e. The zero-order chi connectivity index (χ0) is 22.9. The van der Waals surface area contributed by atoms with Crippen LogP contribution in [0.2, 0.25) is 0 Å². The highest BCUT2D eigenvalue weighted by molar-refractivity contribution is 7.12. The molecule has 0 fully saturated rings. The van der Waals surface area contributed by atoms with Gasteiger partial charge in [-0.25, -0.2) is 19.1 Å². The SMILES string of the molecule is O=C(Cn1cnc2c(cnn2CCO)c1=O)N1N=C(c2cccs2)CC1c1ccc(F)cc1. The van der Waals surface area contributed by atoms with Crippen molar-refractivity contribution in [3.05, 3.63) is 80.9 Å². The molecule has 4 heterocycles. The first-order valence-electron chi connectivity index (χ1n) is 10.3. The topological polar surface area (TPSA) is 106 Å². The maximum absolute atomic E-state index is 13.5. The molecule has 4 aromatic rings. The molecule has 0 radical (unpaired) electrons. The molecule has 0 saturated heterocycles. The Morgan fingerprint density at radius 1 is 1.24 bits per heavy atom. The number of amides is 1. The summed E-state index contributed by atoms with van der Waals surface area (Å²) >= 11 is 1.53. The molecule has 1 aliphatic rings. The third-order valence-electron chi connectivity index (χ3n) is 5.47. The number of rotatable bonds is 6. The lowest BCUT2D eigenvalue weighted by Crippen LogP contribution is -2.34. The van der Waals surface area contributed by atoms with Crippen molar-refractivity contribution in [3.8, 4) is 0 Å². The summed E-state index contributed by atoms with van der Waals surface area (Å²) in [7, 11) is 0. The van der Waals surface area contributed by atoms with E-state index in [0.717, 1.165) is 16.2 Å². The van der Waals surface area contributed by atoms with E-state index in [0.29, 0.717) is 12.1 Å². The molecule has 9 nitrogen and oxygen atoms in total. The number of thiophene rings is 1. The lowest BCUT2D eigenvalue weighted by Gasteiger charge is -2.22. The normalized spacial score (nSPS) is 15.9. The second-order valence-electron chi connectivity index (χ2n) is 7.54. The molecule has 0 aliphatic carbocycles. The number of hydrogen-bond donors (Lipinski definition) is 1. The zero-order valence-electron chi connectivity index (χ0n) is 17.3. The van der Waals surface area contributed by atoms with Crippen LogP contribution in [0.1, 0.15) is 22.9 Å². The second-order valence-corrected chi connectivity index (χ2v) is 8.49. The van der Waals surface area contributed by atoms with Gasteiger partial charge in [-0.05, 0) is 29.1 Å². The standard InChI is InChI=1S/C22H19FN6O3S/c23-15-5-3-14(4-6-15)18-10-17(19-2-1-9-33-19)26-29(18)20(31)12-27-13-24-21-16(22(27)32)11-25-28(21)7-8-30/h1-6,9,11,13,18,30H,7-8,10,12H2. The van der Waals surface area contributed by atoms with E-state index < -0.39 is 11.6 Å². The minimum atomic E-state index is -0.408. The minimum absolute atomic E-state index is 0.135. The molecule has 5 rings (SSSR count). The van der Waals surface area contributed by atoms with Gasteiger partial charge in [0.1, 0.15) is 24.1 Å². The van der Waals surface area contributed by atoms with Gasteiger partial charge in [-0.3, -0.25) is 14.2 Å². The van der Waals surface area contributed by atoms with Gasteiger partial charge in [0.15, 0.2) is 5.65 Å². The quantitative estimate of drug-likeness (QED) is 0.469. The molecule has 3 aromatic heterocycles. The summed E-state index contributed by atoms with van der Waals surface area (Å²) in [5.74, 6) is -0.747. The highest BCUT2D eigenvalue weighted by Gasteiger charge is 2.33. The third-order valence-corrected chi connectivity index (χ3v) is 6.38. The molecule has 0 saturated carbocycles. The van der Waals surface area contributed by atoms with Crippen molar-refractivity contribution in [1.29, 1.82) is 0 Å². The maximum atomic E-state index is 13.5. The Morgan fingerprint density at radius 2 is 2.06 bits per heavy atom. The molecule has 1 atom stereocenters. The van der Waals surface area contributed by atoms with Gasteiger partial charge in [0.2, 0.25) is 0 Å². The minimum Gasteiger partial charge on any atom is -0.394 e. The molecular formula is C22H19FN6O3S. The molecule has 1 amide bonds. The summed E-state index contributed by atoms with van der Waals surface area (Å²) in [4.78, 5) is 31.4. The van der Waals surface area contributed by atoms with Crippen molar-refractivity contribution >= 4 is 34.0 Å². The third kappa shape index (κ3) is 3.96. The molecule has 1 unspecified atom stereocenters. The number of benzene rings is 1. The highest BCUT2D eigenvalue weighted by atomic mass is 32.1. The first-order chi connectivity index (χ1) is 16.0. The highest BCUT2D eigenvalue weighted by Crippen LogP contribution is 2.34. The average Bonchev–Trinajstić information content (AvgIpc) is 3.56. The Morgan fingerprint density at radius 3 is 2.79 bits per heavy atom. The van der Waals surface area contributed by atoms with E-state index in [1.165, 1.54) is 50.3 Å². The van der Waals surface area contributed by atoms with Gasteiger partial charge >= 0.3 is 0 Å². The monoisotopic (exact) mass is 466 g/mol. The summed E-state index contributed by atoms with van der Waals surface area (Å²) in [6.45, 7) is -0.178. The predicted molar refractivity (Wildman–Crippen MR) is 120 cm³/mol. The van der Waals surface area contributed by atoms with E-state index >= 15 is 0 Å². The van der Waals surface area contributed by atoms with Crippen LogP contribution in [0.3, 0.4) is 0 Å². The van der Waals surface area contributed by atoms with E-state index in [2.05, 4.69) is 15.2 Å². The van der Waals surface area contributed by atoms with Gasteiger partial charge in [0, 0.05) is 6.42 Å². The molecule has 1 aromatic carbocycles. The van der Waals surface area contributed by atoms with Crippen molar-refractivity contribution in [3.63, 3.8) is 0 Å². The number of aromatic nitrogens is 4. The summed E-state index contributed by atoms with van der Waals surface area (Å²) in [6.07, 6.45) is 3.16. The summed E-state index contributed by atoms with van der Waals surface area (Å²) in [6, 6.07) is 9.43. The Labute approximate surface area is 191 Å². The van der Waals surface area contributed by atoms with Crippen LogP contribution in [0.4, 0.5) is 4.39 Å². The molecule has 33 heavy (non-hydrogen) atoms. The first kappa shape index (κ1) is 21.2. The summed E-state index contributed by atoms with van der Waals surface area (Å²) < 4.78 is 16.1. The fraction of sp³-hybridized carbons (Fsp3) is 0.227. The molecule has 1 N–H and O–H groups in total. The number of aliphatic hydroxyl groups is 1. The maximum Gasteiger partial charge on any atom is 0.264 e. The Bertz CT molecular complexity index is 1390. The average molecular weight is 466 g/mol. The largest absolute Gasteiger partial charge is 0.394 e. The van der Waals surface area contributed by atoms with Crippen molar-refractivity contribution in [2.45, 2.75) is 25.6 Å². The van der Waals surface area contributed by atoms with Crippen LogP contribution in [0.25, 0.3) is 11.0 Å². The lowest BCUT2D eigenvalue weighted by atomic mass is 10.0. The number of hydrogen-bond acceptors (Lipinski definition) is 7.